The molecule has 15 N–H and O–H groups in total. The zero-order valence-electron chi connectivity index (χ0n) is 41.8. The van der Waals surface area contributed by atoms with E-state index in [1.54, 1.807) is 54.6 Å². The van der Waals surface area contributed by atoms with E-state index >= 15 is 0 Å². The molecule has 28 nitrogen and oxygen atoms in total. The number of carboxylic acids is 6. The number of hydrogen-bond donors (Lipinski definition) is 15. The molecular formula is C47H62N8O20S3. The van der Waals surface area contributed by atoms with Gasteiger partial charge in [0.15, 0.2) is 5.11 Å². The fourth-order valence-electron chi connectivity index (χ4n) is 6.72. The summed E-state index contributed by atoms with van der Waals surface area (Å²) in [4.78, 5) is 148. The van der Waals surface area contributed by atoms with E-state index < -0.39 is 158 Å². The first-order valence-corrected chi connectivity index (χ1v) is 26.6. The van der Waals surface area contributed by atoms with Crippen molar-refractivity contribution in [2.24, 2.45) is 5.92 Å². The number of rotatable bonds is 36. The van der Waals surface area contributed by atoms with Crippen molar-refractivity contribution in [2.45, 2.75) is 114 Å². The van der Waals surface area contributed by atoms with E-state index in [2.05, 4.69) is 42.8 Å². The minimum absolute atomic E-state index is 0.118. The van der Waals surface area contributed by atoms with Crippen LogP contribution in [0.5, 0.6) is 5.75 Å². The zero-order chi connectivity index (χ0) is 58.3. The Morgan fingerprint density at radius 2 is 1.00 bits per heavy atom. The summed E-state index contributed by atoms with van der Waals surface area (Å²) in [6, 6.07) is 4.93. The molecule has 2 rings (SSSR count). The van der Waals surface area contributed by atoms with E-state index in [4.69, 9.17) is 22.1 Å². The van der Waals surface area contributed by atoms with Crippen molar-refractivity contribution in [1.82, 2.24) is 42.8 Å². The number of hydrogen-bond acceptors (Lipinski definition) is 17. The van der Waals surface area contributed by atoms with Gasteiger partial charge in [-0.25, -0.2) is 29.4 Å². The van der Waals surface area contributed by atoms with E-state index in [9.17, 15) is 88.2 Å². The van der Waals surface area contributed by atoms with Crippen LogP contribution in [-0.4, -0.2) is 167 Å². The molecular weight excluding hydrogens is 1090 g/mol. The predicted octanol–water partition coefficient (Wildman–Crippen LogP) is 0.111. The van der Waals surface area contributed by atoms with Gasteiger partial charge in [0, 0.05) is 43.6 Å². The Bertz CT molecular complexity index is 2420. The number of benzene rings is 2. The highest BCUT2D eigenvalue weighted by molar-refractivity contribution is 8.76. The fourth-order valence-corrected chi connectivity index (χ4v) is 8.99. The number of thiocarbonyl (C=S) groups is 1. The molecule has 6 amide bonds. The van der Waals surface area contributed by atoms with Crippen molar-refractivity contribution in [3.8, 4) is 5.75 Å². The molecule has 0 aliphatic heterocycles. The third-order valence-corrected chi connectivity index (χ3v) is 13.4. The highest BCUT2D eigenvalue weighted by atomic mass is 33.1. The maximum atomic E-state index is 13.7. The minimum atomic E-state index is -1.87. The zero-order valence-corrected chi connectivity index (χ0v) is 44.2. The van der Waals surface area contributed by atoms with Gasteiger partial charge in [-0.15, -0.1) is 0 Å². The Hall–Kier alpha value is -7.93. The molecule has 0 heterocycles. The van der Waals surface area contributed by atoms with Crippen molar-refractivity contribution >= 4 is 110 Å². The van der Waals surface area contributed by atoms with E-state index in [0.29, 0.717) is 18.4 Å². The fraction of sp³-hybridized carbons (Fsp3) is 0.468. The molecule has 2 aromatic rings. The Labute approximate surface area is 458 Å². The van der Waals surface area contributed by atoms with Crippen LogP contribution in [-0.2, 0) is 70.3 Å². The maximum Gasteiger partial charge on any atom is 0.426 e. The molecule has 0 fully saturated rings. The summed E-state index contributed by atoms with van der Waals surface area (Å²) in [6.45, 7) is 1.80. The summed E-state index contributed by atoms with van der Waals surface area (Å²) in [6.07, 6.45) is -4.40. The van der Waals surface area contributed by atoms with Crippen LogP contribution in [0.3, 0.4) is 0 Å². The van der Waals surface area contributed by atoms with Gasteiger partial charge in [0.2, 0.25) is 29.5 Å². The van der Waals surface area contributed by atoms with Crippen LogP contribution in [0.4, 0.5) is 4.79 Å². The van der Waals surface area contributed by atoms with Crippen molar-refractivity contribution in [2.75, 3.05) is 18.1 Å². The van der Waals surface area contributed by atoms with Crippen LogP contribution in [0.15, 0.2) is 54.6 Å². The van der Waals surface area contributed by atoms with Crippen LogP contribution in [0.2, 0.25) is 0 Å². The second-order valence-corrected chi connectivity index (χ2v) is 20.2. The van der Waals surface area contributed by atoms with E-state index in [1.165, 1.54) is 0 Å². The van der Waals surface area contributed by atoms with Crippen LogP contribution in [0.25, 0.3) is 0 Å². The lowest BCUT2D eigenvalue weighted by molar-refractivity contribution is -0.143. The van der Waals surface area contributed by atoms with Gasteiger partial charge in [0.1, 0.15) is 48.6 Å². The average Bonchev–Trinajstić information content (AvgIpc) is 3.36. The Morgan fingerprint density at radius 1 is 0.513 bits per heavy atom. The molecule has 7 atom stereocenters. The number of carboxylic acid groups (broad SMARTS) is 6. The molecule has 78 heavy (non-hydrogen) atoms. The number of phenolic OH excluding ortho intramolecular Hbond substituents is 1. The average molecular weight is 1160 g/mol. The first-order valence-electron chi connectivity index (χ1n) is 23.7. The van der Waals surface area contributed by atoms with Crippen molar-refractivity contribution in [1.29, 1.82) is 0 Å². The smallest absolute Gasteiger partial charge is 0.426 e. The first kappa shape index (κ1) is 66.2. The van der Waals surface area contributed by atoms with Gasteiger partial charge in [0.05, 0.1) is 6.42 Å². The van der Waals surface area contributed by atoms with Crippen LogP contribution < -0.4 is 42.8 Å². The first-order chi connectivity index (χ1) is 36.8. The third-order valence-electron chi connectivity index (χ3n) is 10.8. The lowest BCUT2D eigenvalue weighted by atomic mass is 9.96. The topological polar surface area (TPSA) is 452 Å². The van der Waals surface area contributed by atoms with Gasteiger partial charge < -0.3 is 72.4 Å². The normalized spacial score (nSPS) is 13.4. The standard InChI is InChI=1S/C47H62N8O20S3/c1-25(21-27-8-10-28(56)11-9-27)7-15-37(59)54-55-47(74)75-19-20-77-78-24-34(45(72)73)51-40(64)32(22-26-5-3-2-4-6-26)50-41(65)33(23-39(62)63)49-36(58)16-12-29(42(66)67)48-35(57)17-13-30(43(68)69)52-46(76)53-31(44(70)71)14-18-38(60)61/h2-6,8-11,25,29-34,56H,7,12-24H2,1H3,(H,48,57)(H,49,58)(H,50,65)(H,51,64)(H,54,59)(H,55,74)(H,60,61)(H,62,63)(H,66,67)(H,68,69)(H,70,71)(H,72,73)(H2,52,53,76)/t25-,29+,30+,31+,32+,33+,34+/m1/s1. The largest absolute Gasteiger partial charge is 0.508 e. The molecule has 0 spiro atoms. The number of amides is 6. The molecule has 0 aliphatic carbocycles. The van der Waals surface area contributed by atoms with Gasteiger partial charge in [-0.05, 0) is 73.5 Å². The highest BCUT2D eigenvalue weighted by Crippen LogP contribution is 2.22. The summed E-state index contributed by atoms with van der Waals surface area (Å²) in [5.74, 6) is -13.6. The molecule has 0 saturated heterocycles. The van der Waals surface area contributed by atoms with Gasteiger partial charge in [-0.2, -0.15) is 0 Å². The summed E-state index contributed by atoms with van der Waals surface area (Å²) in [5, 5.41) is 79.5. The van der Waals surface area contributed by atoms with Gasteiger partial charge in [-0.1, -0.05) is 71.0 Å². The summed E-state index contributed by atoms with van der Waals surface area (Å²) in [7, 11) is 2.08. The molecule has 0 aromatic heterocycles. The number of ether oxygens (including phenoxy) is 1. The number of hydrazine groups is 1. The Balaban J connectivity index is 1.95. The van der Waals surface area contributed by atoms with Crippen molar-refractivity contribution < 1.29 is 98.0 Å². The number of aliphatic carboxylic acids is 6. The molecule has 0 radical (unpaired) electrons. The summed E-state index contributed by atoms with van der Waals surface area (Å²) < 4.78 is 5.03. The minimum Gasteiger partial charge on any atom is -0.508 e. The van der Waals surface area contributed by atoms with Gasteiger partial charge in [-0.3, -0.25) is 39.0 Å². The number of aromatic hydroxyl groups is 1. The SMILES string of the molecule is C[C@H](CCC(=O)NNC(=O)OCCSSC[C@H](NC(=O)[C@H](Cc1ccccc1)NC(=O)[C@H](CC(=O)O)NC(=O)CC[C@H](NC(=O)CC[C@H](NC(=S)N[C@@H](CCC(=O)O)C(=O)O)C(=O)O)C(=O)O)C(=O)O)Cc1ccc(O)cc1. The number of nitrogens with one attached hydrogen (secondary N) is 8. The second kappa shape index (κ2) is 35.4. The van der Waals surface area contributed by atoms with E-state index in [-0.39, 0.29) is 42.6 Å². The molecule has 0 saturated carbocycles. The number of carbonyl (C=O) groups excluding carboxylic acids is 6. The van der Waals surface area contributed by atoms with Crippen LogP contribution in [0, 0.1) is 5.92 Å². The third kappa shape index (κ3) is 28.3. The maximum absolute atomic E-state index is 13.7. The molecule has 0 aliphatic rings. The lowest BCUT2D eigenvalue weighted by Crippen LogP contribution is -2.57. The summed E-state index contributed by atoms with van der Waals surface area (Å²) in [5.41, 5.74) is 5.86. The van der Waals surface area contributed by atoms with Crippen molar-refractivity contribution in [3.63, 3.8) is 0 Å². The lowest BCUT2D eigenvalue weighted by Gasteiger charge is -2.24. The molecule has 428 valence electrons. The predicted molar refractivity (Wildman–Crippen MR) is 280 cm³/mol. The van der Waals surface area contributed by atoms with Gasteiger partial charge >= 0.3 is 41.9 Å². The second-order valence-electron chi connectivity index (χ2n) is 17.2. The molecule has 2 aromatic carbocycles. The van der Waals surface area contributed by atoms with Gasteiger partial charge in [0.25, 0.3) is 0 Å². The number of carbonyl (C=O) groups is 12. The van der Waals surface area contributed by atoms with Crippen LogP contribution >= 0.6 is 33.8 Å². The van der Waals surface area contributed by atoms with Crippen molar-refractivity contribution in [3.05, 3.63) is 65.7 Å². The molecule has 0 bridgehead atoms. The molecule has 0 unspecified atom stereocenters. The highest BCUT2D eigenvalue weighted by Gasteiger charge is 2.32. The van der Waals surface area contributed by atoms with E-state index in [0.717, 1.165) is 27.2 Å². The summed E-state index contributed by atoms with van der Waals surface area (Å²) >= 11 is 4.94. The van der Waals surface area contributed by atoms with Crippen LogP contribution in [0.1, 0.15) is 75.8 Å². The van der Waals surface area contributed by atoms with E-state index in [1.807, 2.05) is 6.92 Å². The monoisotopic (exact) mass is 1150 g/mol. The number of phenols is 1. The quantitative estimate of drug-likeness (QED) is 0.0186. The molecule has 31 heteroatoms. The Kier molecular flexibility index (Phi) is 30.0. The Morgan fingerprint density at radius 3 is 1.54 bits per heavy atom.